The molecule has 0 saturated carbocycles. The van der Waals surface area contributed by atoms with Crippen LogP contribution in [0.15, 0.2) is 29.1 Å². The molecule has 2 fully saturated rings. The number of piperazine rings is 1. The molecule has 1 aromatic carbocycles. The van der Waals surface area contributed by atoms with Crippen molar-refractivity contribution >= 4 is 11.9 Å². The van der Waals surface area contributed by atoms with Gasteiger partial charge in [-0.05, 0) is 30.5 Å². The summed E-state index contributed by atoms with van der Waals surface area (Å²) in [4.78, 5) is 31.5. The number of carbonyl (C=O) groups is 1. The zero-order valence-corrected chi connectivity index (χ0v) is 17.4. The Bertz CT molecular complexity index is 1010. The molecular weight excluding hydrogens is 403 g/mol. The number of aromatic hydroxyl groups is 1. The van der Waals surface area contributed by atoms with Crippen LogP contribution < -0.4 is 26.4 Å². The minimum absolute atomic E-state index is 0.0416. The van der Waals surface area contributed by atoms with Gasteiger partial charge in [-0.15, -0.1) is 0 Å². The number of benzene rings is 1. The van der Waals surface area contributed by atoms with Gasteiger partial charge in [-0.25, -0.2) is 9.37 Å². The van der Waals surface area contributed by atoms with Gasteiger partial charge in [0.25, 0.3) is 11.5 Å². The maximum Gasteiger partial charge on any atom is 0.297 e. The Labute approximate surface area is 179 Å². The van der Waals surface area contributed by atoms with Crippen molar-refractivity contribution in [2.75, 3.05) is 37.6 Å². The average Bonchev–Trinajstić information content (AvgIpc) is 2.78. The van der Waals surface area contributed by atoms with E-state index in [4.69, 9.17) is 0 Å². The highest BCUT2D eigenvalue weighted by Crippen LogP contribution is 2.26. The Kier molecular flexibility index (Phi) is 5.92. The van der Waals surface area contributed by atoms with Crippen LogP contribution >= 0.6 is 0 Å². The second-order valence-electron chi connectivity index (χ2n) is 8.15. The molecule has 1 amide bonds. The number of aromatic nitrogens is 2. The number of carbonyl (C=O) groups excluding carboxylic acids is 1. The minimum Gasteiger partial charge on any atom is -0.501 e. The smallest absolute Gasteiger partial charge is 0.297 e. The number of piperidine rings is 1. The molecule has 0 atom stereocenters. The summed E-state index contributed by atoms with van der Waals surface area (Å²) >= 11 is 0. The van der Waals surface area contributed by atoms with Crippen molar-refractivity contribution in [1.82, 2.24) is 25.5 Å². The molecule has 10 heteroatoms. The lowest BCUT2D eigenvalue weighted by Gasteiger charge is -2.45. The predicted molar refractivity (Wildman–Crippen MR) is 114 cm³/mol. The number of amides is 1. The first-order valence-electron chi connectivity index (χ1n) is 10.4. The van der Waals surface area contributed by atoms with Gasteiger partial charge in [-0.2, -0.15) is 0 Å². The van der Waals surface area contributed by atoms with E-state index in [1.54, 1.807) is 12.1 Å². The quantitative estimate of drug-likeness (QED) is 0.544. The second kappa shape index (κ2) is 8.64. The lowest BCUT2D eigenvalue weighted by Crippen LogP contribution is -2.63. The average molecular weight is 430 g/mol. The van der Waals surface area contributed by atoms with E-state index in [0.29, 0.717) is 24.6 Å². The van der Waals surface area contributed by atoms with E-state index in [9.17, 15) is 19.1 Å². The van der Waals surface area contributed by atoms with Crippen LogP contribution in [0.4, 0.5) is 10.3 Å². The van der Waals surface area contributed by atoms with Crippen LogP contribution in [0.5, 0.6) is 5.75 Å². The maximum atomic E-state index is 13.0. The third-order valence-corrected chi connectivity index (χ3v) is 6.09. The van der Waals surface area contributed by atoms with Crippen molar-refractivity contribution < 1.29 is 14.3 Å². The molecule has 31 heavy (non-hydrogen) atoms. The highest BCUT2D eigenvalue weighted by atomic mass is 19.1. The number of hydrogen-bond donors (Lipinski definition) is 4. The summed E-state index contributed by atoms with van der Waals surface area (Å²) in [7, 11) is 1.54. The van der Waals surface area contributed by atoms with E-state index >= 15 is 0 Å². The third-order valence-electron chi connectivity index (χ3n) is 6.09. The molecule has 2 aromatic rings. The standard InChI is InChI=1S/C21H27FN6O3/c1-27-19(31)17(29)16(18(30)24-12-14-2-4-15(22)5-3-14)26-20(27)28-10-6-21(7-11-28)13-23-8-9-25-21/h2-5,23,25,29H,6-13H2,1H3,(H,24,30). The van der Waals surface area contributed by atoms with Gasteiger partial charge in [0.15, 0.2) is 5.69 Å². The molecule has 1 spiro atoms. The summed E-state index contributed by atoms with van der Waals surface area (Å²) in [5.41, 5.74) is -0.249. The summed E-state index contributed by atoms with van der Waals surface area (Å²) in [5.74, 6) is -1.36. The minimum atomic E-state index is -0.686. The van der Waals surface area contributed by atoms with E-state index in [2.05, 4.69) is 20.9 Å². The number of halogens is 1. The maximum absolute atomic E-state index is 13.0. The summed E-state index contributed by atoms with van der Waals surface area (Å²) in [5, 5.41) is 19.9. The van der Waals surface area contributed by atoms with Crippen molar-refractivity contribution in [2.24, 2.45) is 7.05 Å². The Morgan fingerprint density at radius 2 is 1.97 bits per heavy atom. The van der Waals surface area contributed by atoms with Crippen molar-refractivity contribution in [3.8, 4) is 5.75 Å². The monoisotopic (exact) mass is 430 g/mol. The zero-order chi connectivity index (χ0) is 22.0. The van der Waals surface area contributed by atoms with Gasteiger partial charge in [0, 0.05) is 51.9 Å². The van der Waals surface area contributed by atoms with Crippen molar-refractivity contribution in [1.29, 1.82) is 0 Å². The van der Waals surface area contributed by atoms with Gasteiger partial charge in [-0.3, -0.25) is 14.2 Å². The summed E-state index contributed by atoms with van der Waals surface area (Å²) < 4.78 is 14.3. The number of rotatable bonds is 4. The number of nitrogens with one attached hydrogen (secondary N) is 3. The zero-order valence-electron chi connectivity index (χ0n) is 17.4. The highest BCUT2D eigenvalue weighted by Gasteiger charge is 2.36. The van der Waals surface area contributed by atoms with Crippen molar-refractivity contribution in [2.45, 2.75) is 24.9 Å². The van der Waals surface area contributed by atoms with Crippen molar-refractivity contribution in [3.05, 3.63) is 51.7 Å². The predicted octanol–water partition coefficient (Wildman–Crippen LogP) is 0.0868. The topological polar surface area (TPSA) is 112 Å². The Balaban J connectivity index is 1.51. The summed E-state index contributed by atoms with van der Waals surface area (Å²) in [6.07, 6.45) is 1.76. The Morgan fingerprint density at radius 3 is 2.61 bits per heavy atom. The molecule has 166 valence electrons. The van der Waals surface area contributed by atoms with Crippen molar-refractivity contribution in [3.63, 3.8) is 0 Å². The molecule has 4 N–H and O–H groups in total. The van der Waals surface area contributed by atoms with E-state index in [1.165, 1.54) is 23.7 Å². The Hall–Kier alpha value is -2.98. The molecule has 2 aliphatic rings. The molecule has 2 saturated heterocycles. The van der Waals surface area contributed by atoms with Gasteiger partial charge in [0.05, 0.1) is 0 Å². The fourth-order valence-corrected chi connectivity index (χ4v) is 4.18. The molecule has 0 aliphatic carbocycles. The normalized spacial score (nSPS) is 18.2. The van der Waals surface area contributed by atoms with Crippen LogP contribution in [0.3, 0.4) is 0 Å². The molecule has 0 unspecified atom stereocenters. The lowest BCUT2D eigenvalue weighted by atomic mass is 9.86. The van der Waals surface area contributed by atoms with E-state index < -0.39 is 17.2 Å². The number of hydrogen-bond acceptors (Lipinski definition) is 7. The van der Waals surface area contributed by atoms with Gasteiger partial charge in [0.1, 0.15) is 5.82 Å². The molecule has 0 bridgehead atoms. The molecule has 2 aliphatic heterocycles. The van der Waals surface area contributed by atoms with Gasteiger partial charge < -0.3 is 26.0 Å². The summed E-state index contributed by atoms with van der Waals surface area (Å²) in [6, 6.07) is 5.70. The van der Waals surface area contributed by atoms with Gasteiger partial charge >= 0.3 is 0 Å². The SMILES string of the molecule is Cn1c(N2CCC3(CC2)CNCCN3)nc(C(=O)NCc2ccc(F)cc2)c(O)c1=O. The van der Waals surface area contributed by atoms with E-state index in [0.717, 1.165) is 32.5 Å². The fraction of sp³-hybridized carbons (Fsp3) is 0.476. The van der Waals surface area contributed by atoms with Crippen LogP contribution in [0.1, 0.15) is 28.9 Å². The van der Waals surface area contributed by atoms with Crippen LogP contribution in [0.25, 0.3) is 0 Å². The number of anilines is 1. The number of nitrogens with zero attached hydrogens (tertiary/aromatic N) is 3. The molecule has 0 radical (unpaired) electrons. The molecule has 1 aromatic heterocycles. The van der Waals surface area contributed by atoms with Gasteiger partial charge in [0.2, 0.25) is 11.7 Å². The molecule has 9 nitrogen and oxygen atoms in total. The third kappa shape index (κ3) is 4.40. The van der Waals surface area contributed by atoms with Crippen LogP contribution in [-0.2, 0) is 13.6 Å². The second-order valence-corrected chi connectivity index (χ2v) is 8.15. The van der Waals surface area contributed by atoms with Crippen LogP contribution in [0, 0.1) is 5.82 Å². The van der Waals surface area contributed by atoms with Crippen LogP contribution in [-0.4, -0.2) is 58.8 Å². The molecular formula is C21H27FN6O3. The summed E-state index contributed by atoms with van der Waals surface area (Å²) in [6.45, 7) is 4.26. The van der Waals surface area contributed by atoms with E-state index in [-0.39, 0.29) is 23.6 Å². The van der Waals surface area contributed by atoms with E-state index in [1.807, 2.05) is 4.90 Å². The van der Waals surface area contributed by atoms with Crippen LogP contribution in [0.2, 0.25) is 0 Å². The fourth-order valence-electron chi connectivity index (χ4n) is 4.18. The first-order chi connectivity index (χ1) is 14.9. The van der Waals surface area contributed by atoms with Gasteiger partial charge in [-0.1, -0.05) is 12.1 Å². The lowest BCUT2D eigenvalue weighted by molar-refractivity contribution is 0.0942. The largest absolute Gasteiger partial charge is 0.501 e. The Morgan fingerprint density at radius 1 is 1.26 bits per heavy atom. The molecule has 4 rings (SSSR count). The molecule has 3 heterocycles. The highest BCUT2D eigenvalue weighted by molar-refractivity contribution is 5.95. The first kappa shape index (κ1) is 21.3. The first-order valence-corrected chi connectivity index (χ1v) is 10.4.